The molecule has 1 amide bonds. The minimum Gasteiger partial charge on any atom is -0.481 e. The van der Waals surface area contributed by atoms with Crippen LogP contribution < -0.4 is 15.4 Å². The number of rotatable bonds is 12. The normalized spacial score (nSPS) is 12.2. The van der Waals surface area contributed by atoms with E-state index in [4.69, 9.17) is 9.84 Å². The number of anilines is 1. The molecule has 0 saturated heterocycles. The Morgan fingerprint density at radius 1 is 1.05 bits per heavy atom. The lowest BCUT2D eigenvalue weighted by Gasteiger charge is -2.22. The second kappa shape index (κ2) is 13.1. The van der Waals surface area contributed by atoms with Crippen LogP contribution in [0.5, 0.6) is 5.88 Å². The summed E-state index contributed by atoms with van der Waals surface area (Å²) in [7, 11) is 0. The molecule has 2 aromatic carbocycles. The van der Waals surface area contributed by atoms with E-state index in [0.717, 1.165) is 24.2 Å². The van der Waals surface area contributed by atoms with Crippen LogP contribution >= 0.6 is 0 Å². The summed E-state index contributed by atoms with van der Waals surface area (Å²) in [5.41, 5.74) is 0.413. The van der Waals surface area contributed by atoms with Crippen molar-refractivity contribution in [3.63, 3.8) is 0 Å². The Kier molecular flexibility index (Phi) is 9.86. The maximum absolute atomic E-state index is 14.3. The summed E-state index contributed by atoms with van der Waals surface area (Å²) >= 11 is 0. The highest BCUT2D eigenvalue weighted by molar-refractivity contribution is 5.94. The molecule has 0 saturated carbocycles. The molecule has 3 rings (SSSR count). The number of aliphatic carboxylic acids is 1. The molecule has 1 heterocycles. The molecule has 0 spiro atoms. The largest absolute Gasteiger partial charge is 0.481 e. The van der Waals surface area contributed by atoms with E-state index in [-0.39, 0.29) is 43.0 Å². The number of aromatic nitrogens is 1. The van der Waals surface area contributed by atoms with E-state index in [0.29, 0.717) is 23.1 Å². The summed E-state index contributed by atoms with van der Waals surface area (Å²) < 4.78 is 58.5. The van der Waals surface area contributed by atoms with E-state index < -0.39 is 23.5 Å². The van der Waals surface area contributed by atoms with Crippen LogP contribution in [0.4, 0.5) is 23.2 Å². The Bertz CT molecular complexity index is 1260. The Morgan fingerprint density at radius 3 is 2.33 bits per heavy atom. The number of carbonyl (C=O) groups is 2. The lowest BCUT2D eigenvalue weighted by Crippen LogP contribution is -2.29. The predicted octanol–water partition coefficient (Wildman–Crippen LogP) is 6.02. The van der Waals surface area contributed by atoms with E-state index >= 15 is 0 Å². The number of hydrogen-bond donors (Lipinski definition) is 3. The van der Waals surface area contributed by atoms with Gasteiger partial charge in [0.25, 0.3) is 5.91 Å². The molecular weight excluding hydrogens is 518 g/mol. The smallest absolute Gasteiger partial charge is 0.416 e. The van der Waals surface area contributed by atoms with Crippen molar-refractivity contribution in [1.82, 2.24) is 10.3 Å². The maximum Gasteiger partial charge on any atom is 0.416 e. The average molecular weight is 548 g/mol. The molecule has 7 nitrogen and oxygen atoms in total. The van der Waals surface area contributed by atoms with Gasteiger partial charge in [-0.15, -0.1) is 0 Å². The van der Waals surface area contributed by atoms with Gasteiger partial charge in [-0.3, -0.25) is 9.59 Å². The summed E-state index contributed by atoms with van der Waals surface area (Å²) in [6.45, 7) is 4.41. The van der Waals surface area contributed by atoms with Gasteiger partial charge < -0.3 is 20.5 Å². The third-order valence-electron chi connectivity index (χ3n) is 5.67. The SMILES string of the molecule is CC(C)CC(COc1ccc(-c2ccc(C(F)(F)F)cc2F)cn1)Nc1ccc(C(=O)NCCC(=O)O)cc1. The number of amides is 1. The summed E-state index contributed by atoms with van der Waals surface area (Å²) in [5.74, 6) is -1.74. The Morgan fingerprint density at radius 2 is 1.77 bits per heavy atom. The highest BCUT2D eigenvalue weighted by Gasteiger charge is 2.31. The van der Waals surface area contributed by atoms with E-state index in [1.807, 2.05) is 0 Å². The number of alkyl halides is 3. The van der Waals surface area contributed by atoms with E-state index in [9.17, 15) is 27.2 Å². The van der Waals surface area contributed by atoms with Gasteiger partial charge >= 0.3 is 12.1 Å². The summed E-state index contributed by atoms with van der Waals surface area (Å²) in [5, 5.41) is 14.6. The second-order valence-electron chi connectivity index (χ2n) is 9.34. The Hall–Kier alpha value is -4.15. The second-order valence-corrected chi connectivity index (χ2v) is 9.34. The average Bonchev–Trinajstić information content (AvgIpc) is 2.87. The van der Waals surface area contributed by atoms with Crippen molar-refractivity contribution in [2.45, 2.75) is 38.9 Å². The van der Waals surface area contributed by atoms with Crippen LogP contribution in [0, 0.1) is 11.7 Å². The molecule has 3 N–H and O–H groups in total. The first-order valence-corrected chi connectivity index (χ1v) is 12.2. The number of nitrogens with zero attached hydrogens (tertiary/aromatic N) is 1. The lowest BCUT2D eigenvalue weighted by atomic mass is 10.0. The fourth-order valence-corrected chi connectivity index (χ4v) is 3.81. The van der Waals surface area contributed by atoms with Gasteiger partial charge in [0, 0.05) is 41.2 Å². The molecule has 0 aliphatic carbocycles. The number of carbonyl (C=O) groups excluding carboxylic acids is 1. The number of carboxylic acids is 1. The molecule has 1 unspecified atom stereocenters. The number of pyridine rings is 1. The van der Waals surface area contributed by atoms with Crippen LogP contribution in [0.25, 0.3) is 11.1 Å². The van der Waals surface area contributed by atoms with Gasteiger partial charge in [-0.1, -0.05) is 19.9 Å². The van der Waals surface area contributed by atoms with Crippen molar-refractivity contribution in [3.8, 4) is 17.0 Å². The van der Waals surface area contributed by atoms with Crippen LogP contribution in [-0.2, 0) is 11.0 Å². The fraction of sp³-hybridized carbons (Fsp3) is 0.321. The van der Waals surface area contributed by atoms with Crippen molar-refractivity contribution >= 4 is 17.6 Å². The molecular formula is C28H29F4N3O4. The fourth-order valence-electron chi connectivity index (χ4n) is 3.81. The van der Waals surface area contributed by atoms with Gasteiger partial charge in [-0.25, -0.2) is 9.37 Å². The molecule has 0 fully saturated rings. The molecule has 0 bridgehead atoms. The van der Waals surface area contributed by atoms with Crippen molar-refractivity contribution < 1.29 is 37.0 Å². The van der Waals surface area contributed by atoms with Gasteiger partial charge in [0.15, 0.2) is 0 Å². The zero-order valence-electron chi connectivity index (χ0n) is 21.4. The van der Waals surface area contributed by atoms with Crippen molar-refractivity contribution in [1.29, 1.82) is 0 Å². The van der Waals surface area contributed by atoms with Gasteiger partial charge in [0.1, 0.15) is 12.4 Å². The zero-order chi connectivity index (χ0) is 28.6. The third-order valence-corrected chi connectivity index (χ3v) is 5.67. The first-order chi connectivity index (χ1) is 18.4. The van der Waals surface area contributed by atoms with Crippen LogP contribution in [0.1, 0.15) is 42.6 Å². The van der Waals surface area contributed by atoms with Gasteiger partial charge in [-0.2, -0.15) is 13.2 Å². The lowest BCUT2D eigenvalue weighted by molar-refractivity contribution is -0.138. The summed E-state index contributed by atoms with van der Waals surface area (Å²) in [6.07, 6.45) is -2.69. The first kappa shape index (κ1) is 29.4. The van der Waals surface area contributed by atoms with E-state index in [1.54, 1.807) is 24.3 Å². The minimum atomic E-state index is -4.63. The monoisotopic (exact) mass is 547 g/mol. The molecule has 3 aromatic rings. The highest BCUT2D eigenvalue weighted by Crippen LogP contribution is 2.33. The number of halogens is 4. The summed E-state index contributed by atoms with van der Waals surface area (Å²) in [6, 6.07) is 12.0. The maximum atomic E-state index is 14.3. The first-order valence-electron chi connectivity index (χ1n) is 12.2. The number of ether oxygens (including phenoxy) is 1. The van der Waals surface area contributed by atoms with Crippen molar-refractivity contribution in [3.05, 3.63) is 77.7 Å². The van der Waals surface area contributed by atoms with Gasteiger partial charge in [0.2, 0.25) is 5.88 Å². The van der Waals surface area contributed by atoms with Crippen LogP contribution in [-0.4, -0.2) is 41.2 Å². The Balaban J connectivity index is 1.60. The molecule has 0 aliphatic heterocycles. The zero-order valence-corrected chi connectivity index (χ0v) is 21.4. The quantitative estimate of drug-likeness (QED) is 0.240. The number of benzene rings is 2. The van der Waals surface area contributed by atoms with Crippen LogP contribution in [0.2, 0.25) is 0 Å². The predicted molar refractivity (Wildman–Crippen MR) is 138 cm³/mol. The van der Waals surface area contributed by atoms with Crippen molar-refractivity contribution in [2.24, 2.45) is 5.92 Å². The number of carboxylic acid groups (broad SMARTS) is 1. The van der Waals surface area contributed by atoms with Gasteiger partial charge in [0.05, 0.1) is 18.0 Å². The number of nitrogens with one attached hydrogen (secondary N) is 2. The number of hydrogen-bond acceptors (Lipinski definition) is 5. The topological polar surface area (TPSA) is 101 Å². The molecule has 1 atom stereocenters. The van der Waals surface area contributed by atoms with E-state index in [2.05, 4.69) is 29.5 Å². The molecule has 39 heavy (non-hydrogen) atoms. The summed E-state index contributed by atoms with van der Waals surface area (Å²) in [4.78, 5) is 26.9. The third kappa shape index (κ3) is 8.98. The molecule has 0 radical (unpaired) electrons. The van der Waals surface area contributed by atoms with Gasteiger partial charge in [-0.05, 0) is 54.8 Å². The van der Waals surface area contributed by atoms with Crippen LogP contribution in [0.3, 0.4) is 0 Å². The minimum absolute atomic E-state index is 0.000384. The standard InChI is InChI=1S/C28H29F4N3O4/c1-17(2)13-22(35-21-7-3-18(4-8-21)27(38)33-12-11-26(36)37)16-39-25-10-5-19(15-34-25)23-9-6-20(14-24(23)29)28(30,31)32/h3-10,14-15,17,22,35H,11-13,16H2,1-2H3,(H,33,38)(H,36,37). The molecule has 208 valence electrons. The van der Waals surface area contributed by atoms with Crippen LogP contribution in [0.15, 0.2) is 60.8 Å². The Labute approximate surface area is 223 Å². The van der Waals surface area contributed by atoms with E-state index in [1.165, 1.54) is 18.3 Å². The molecule has 0 aliphatic rings. The highest BCUT2D eigenvalue weighted by atomic mass is 19.4. The van der Waals surface area contributed by atoms with Crippen molar-refractivity contribution in [2.75, 3.05) is 18.5 Å². The molecule has 1 aromatic heterocycles. The molecule has 11 heteroatoms.